The zero-order valence-corrected chi connectivity index (χ0v) is 12.1. The lowest BCUT2D eigenvalue weighted by Gasteiger charge is -2.19. The fourth-order valence-corrected chi connectivity index (χ4v) is 2.61. The Morgan fingerprint density at radius 1 is 1.42 bits per heavy atom. The molecule has 8 heteroatoms. The van der Waals surface area contributed by atoms with Crippen LogP contribution in [0.4, 0.5) is 5.95 Å². The summed E-state index contributed by atoms with van der Waals surface area (Å²) in [6.45, 7) is 4.02. The van der Waals surface area contributed by atoms with Crippen LogP contribution in [0.2, 0.25) is 10.3 Å². The Morgan fingerprint density at radius 2 is 2.00 bits per heavy atom. The van der Waals surface area contributed by atoms with Crippen molar-refractivity contribution in [2.45, 2.75) is 38.3 Å². The summed E-state index contributed by atoms with van der Waals surface area (Å²) in [6, 6.07) is 0. The first-order valence-corrected chi connectivity index (χ1v) is 6.52. The van der Waals surface area contributed by atoms with Crippen LogP contribution in [-0.2, 0) is 9.47 Å². The fourth-order valence-electron chi connectivity index (χ4n) is 1.95. The Morgan fingerprint density at radius 3 is 2.47 bits per heavy atom. The minimum atomic E-state index is -0.942. The van der Waals surface area contributed by atoms with E-state index >= 15 is 0 Å². The molecule has 1 aromatic rings. The van der Waals surface area contributed by atoms with Crippen LogP contribution < -0.4 is 5.73 Å². The minimum Gasteiger partial charge on any atom is -0.388 e. The van der Waals surface area contributed by atoms with Crippen LogP contribution in [0.1, 0.15) is 31.9 Å². The summed E-state index contributed by atoms with van der Waals surface area (Å²) in [5.41, 5.74) is 5.67. The molecule has 0 saturated carbocycles. The highest BCUT2D eigenvalue weighted by atomic mass is 35.5. The highest BCUT2D eigenvalue weighted by Crippen LogP contribution is 2.34. The molecule has 1 aromatic heterocycles. The summed E-state index contributed by atoms with van der Waals surface area (Å²) >= 11 is 11.8. The van der Waals surface area contributed by atoms with E-state index in [4.69, 9.17) is 38.4 Å². The predicted molar refractivity (Wildman–Crippen MR) is 70.9 cm³/mol. The Kier molecular flexibility index (Phi) is 4.17. The highest BCUT2D eigenvalue weighted by molar-refractivity contribution is 6.34. The molecule has 1 fully saturated rings. The van der Waals surface area contributed by atoms with Crippen molar-refractivity contribution in [3.05, 3.63) is 15.9 Å². The number of rotatable bonds is 3. The Bertz CT molecular complexity index is 461. The number of hydrogen-bond acceptors (Lipinski definition) is 6. The van der Waals surface area contributed by atoms with Crippen molar-refractivity contribution in [3.8, 4) is 0 Å². The van der Waals surface area contributed by atoms with Gasteiger partial charge in [-0.3, -0.25) is 0 Å². The minimum absolute atomic E-state index is 0.0347. The number of nitrogen functional groups attached to an aromatic ring is 1. The zero-order chi connectivity index (χ0) is 14.2. The van der Waals surface area contributed by atoms with Gasteiger partial charge in [0.25, 0.3) is 0 Å². The molecule has 0 bridgehead atoms. The van der Waals surface area contributed by atoms with E-state index in [1.807, 2.05) is 13.8 Å². The van der Waals surface area contributed by atoms with Gasteiger partial charge in [-0.15, -0.1) is 0 Å². The summed E-state index contributed by atoms with van der Waals surface area (Å²) < 4.78 is 11.0. The van der Waals surface area contributed by atoms with Crippen molar-refractivity contribution >= 4 is 29.2 Å². The largest absolute Gasteiger partial charge is 0.388 e. The maximum atomic E-state index is 10.2. The van der Waals surface area contributed by atoms with Crippen LogP contribution in [0.5, 0.6) is 0 Å². The van der Waals surface area contributed by atoms with Gasteiger partial charge in [0.2, 0.25) is 5.95 Å². The molecule has 6 nitrogen and oxygen atoms in total. The van der Waals surface area contributed by atoms with Gasteiger partial charge in [0.05, 0.1) is 24.4 Å². The van der Waals surface area contributed by atoms with E-state index in [-0.39, 0.29) is 34.3 Å². The number of nitrogens with zero attached hydrogens (tertiary/aromatic N) is 2. The van der Waals surface area contributed by atoms with Crippen molar-refractivity contribution < 1.29 is 14.6 Å². The quantitative estimate of drug-likeness (QED) is 0.829. The standard InChI is InChI=1S/C11H15Cl2N3O3/c1-11(2)18-4-5(19-11)3-6(17)7-8(12)15-10(14)16-9(7)13/h5-6,17H,3-4H2,1-2H3,(H2,14,15,16). The summed E-state index contributed by atoms with van der Waals surface area (Å²) in [5, 5.41) is 10.3. The maximum Gasteiger partial charge on any atom is 0.222 e. The van der Waals surface area contributed by atoms with Crippen LogP contribution >= 0.6 is 23.2 Å². The molecule has 2 rings (SSSR count). The van der Waals surface area contributed by atoms with E-state index in [2.05, 4.69) is 9.97 Å². The van der Waals surface area contributed by atoms with E-state index in [9.17, 15) is 5.11 Å². The number of aliphatic hydroxyl groups is 1. The molecule has 1 saturated heterocycles. The Labute approximate surface area is 120 Å². The average Bonchev–Trinajstić information content (AvgIpc) is 2.56. The van der Waals surface area contributed by atoms with Crippen molar-refractivity contribution in [2.75, 3.05) is 12.3 Å². The van der Waals surface area contributed by atoms with Crippen molar-refractivity contribution in [1.29, 1.82) is 0 Å². The van der Waals surface area contributed by atoms with Gasteiger partial charge in [-0.2, -0.15) is 0 Å². The second-order valence-electron chi connectivity index (χ2n) is 4.78. The van der Waals surface area contributed by atoms with Crippen molar-refractivity contribution in [1.82, 2.24) is 9.97 Å². The lowest BCUT2D eigenvalue weighted by atomic mass is 10.1. The third kappa shape index (κ3) is 3.46. The molecule has 0 amide bonds. The zero-order valence-electron chi connectivity index (χ0n) is 10.6. The number of ether oxygens (including phenoxy) is 2. The number of aliphatic hydroxyl groups excluding tert-OH is 1. The van der Waals surface area contributed by atoms with E-state index in [1.165, 1.54) is 0 Å². The molecule has 0 spiro atoms. The lowest BCUT2D eigenvalue weighted by Crippen LogP contribution is -2.22. The fraction of sp³-hybridized carbons (Fsp3) is 0.636. The second kappa shape index (κ2) is 5.38. The van der Waals surface area contributed by atoms with Gasteiger partial charge >= 0.3 is 0 Å². The summed E-state index contributed by atoms with van der Waals surface area (Å²) in [5.74, 6) is -0.678. The maximum absolute atomic E-state index is 10.2. The number of nitrogens with two attached hydrogens (primary N) is 1. The molecule has 19 heavy (non-hydrogen) atoms. The van der Waals surface area contributed by atoms with Gasteiger partial charge in [0.1, 0.15) is 10.3 Å². The van der Waals surface area contributed by atoms with Crippen LogP contribution in [0.25, 0.3) is 0 Å². The molecule has 2 unspecified atom stereocenters. The van der Waals surface area contributed by atoms with Gasteiger partial charge in [0.15, 0.2) is 5.79 Å². The monoisotopic (exact) mass is 307 g/mol. The number of anilines is 1. The molecule has 1 aliphatic heterocycles. The molecule has 2 heterocycles. The van der Waals surface area contributed by atoms with Gasteiger partial charge in [-0.1, -0.05) is 23.2 Å². The topological polar surface area (TPSA) is 90.5 Å². The lowest BCUT2D eigenvalue weighted by molar-refractivity contribution is -0.141. The van der Waals surface area contributed by atoms with E-state index < -0.39 is 11.9 Å². The van der Waals surface area contributed by atoms with Gasteiger partial charge < -0.3 is 20.3 Å². The molecule has 106 valence electrons. The van der Waals surface area contributed by atoms with Crippen molar-refractivity contribution in [2.24, 2.45) is 0 Å². The summed E-state index contributed by atoms with van der Waals surface area (Å²) in [4.78, 5) is 7.55. The van der Waals surface area contributed by atoms with Gasteiger partial charge in [0, 0.05) is 6.42 Å². The van der Waals surface area contributed by atoms with Crippen molar-refractivity contribution in [3.63, 3.8) is 0 Å². The van der Waals surface area contributed by atoms with E-state index in [0.717, 1.165) is 0 Å². The number of aromatic nitrogens is 2. The van der Waals surface area contributed by atoms with E-state index in [1.54, 1.807) is 0 Å². The molecule has 3 N–H and O–H groups in total. The smallest absolute Gasteiger partial charge is 0.222 e. The molecular formula is C11H15Cl2N3O3. The summed E-state index contributed by atoms with van der Waals surface area (Å²) in [6.07, 6.45) is -0.895. The normalized spacial score (nSPS) is 23.5. The Balaban J connectivity index is 2.11. The second-order valence-corrected chi connectivity index (χ2v) is 5.50. The molecule has 2 atom stereocenters. The molecule has 1 aliphatic rings. The Hall–Kier alpha value is -0.660. The number of hydrogen-bond donors (Lipinski definition) is 2. The predicted octanol–water partition coefficient (Wildman–Crippen LogP) is 1.94. The third-order valence-electron chi connectivity index (χ3n) is 2.76. The molecule has 0 radical (unpaired) electrons. The number of halogens is 2. The first-order chi connectivity index (χ1) is 8.78. The first kappa shape index (κ1) is 14.7. The molecule has 0 aliphatic carbocycles. The molecular weight excluding hydrogens is 293 g/mol. The third-order valence-corrected chi connectivity index (χ3v) is 3.33. The van der Waals surface area contributed by atoms with Crippen LogP contribution in [0, 0.1) is 0 Å². The van der Waals surface area contributed by atoms with E-state index in [0.29, 0.717) is 6.61 Å². The first-order valence-electron chi connectivity index (χ1n) is 5.77. The van der Waals surface area contributed by atoms with Crippen LogP contribution in [0.3, 0.4) is 0 Å². The average molecular weight is 308 g/mol. The van der Waals surface area contributed by atoms with Gasteiger partial charge in [-0.25, -0.2) is 9.97 Å². The van der Waals surface area contributed by atoms with Crippen LogP contribution in [0.15, 0.2) is 0 Å². The van der Waals surface area contributed by atoms with Gasteiger partial charge in [-0.05, 0) is 13.8 Å². The SMILES string of the molecule is CC1(C)OCC(CC(O)c2c(Cl)nc(N)nc2Cl)O1. The molecule has 0 aromatic carbocycles. The highest BCUT2D eigenvalue weighted by Gasteiger charge is 2.34. The summed E-state index contributed by atoms with van der Waals surface area (Å²) in [7, 11) is 0. The van der Waals surface area contributed by atoms with Crippen LogP contribution in [-0.4, -0.2) is 33.6 Å².